The molecule has 1 fully saturated rings. The zero-order valence-electron chi connectivity index (χ0n) is 15.1. The molecule has 1 amide bonds. The molecule has 0 aromatic carbocycles. The van der Waals surface area contributed by atoms with E-state index in [1.807, 2.05) is 49.4 Å². The van der Waals surface area contributed by atoms with Crippen LogP contribution in [0.25, 0.3) is 11.5 Å². The zero-order valence-corrected chi connectivity index (χ0v) is 15.1. The van der Waals surface area contributed by atoms with Crippen LogP contribution in [0, 0.1) is 12.8 Å². The van der Waals surface area contributed by atoms with Crippen molar-refractivity contribution in [1.82, 2.24) is 15.2 Å². The summed E-state index contributed by atoms with van der Waals surface area (Å²) in [6, 6.07) is 13.2. The number of piperidine rings is 1. The predicted octanol–water partition coefficient (Wildman–Crippen LogP) is 3.30. The summed E-state index contributed by atoms with van der Waals surface area (Å²) in [6.45, 7) is 3.45. The van der Waals surface area contributed by atoms with Crippen LogP contribution in [-0.2, 0) is 4.79 Å². The van der Waals surface area contributed by atoms with Crippen molar-refractivity contribution in [3.63, 3.8) is 0 Å². The molecule has 7 nitrogen and oxygen atoms in total. The monoisotopic (exact) mass is 363 g/mol. The van der Waals surface area contributed by atoms with Crippen molar-refractivity contribution in [2.45, 2.75) is 19.8 Å². The lowest BCUT2D eigenvalue weighted by atomic mass is 9.96. The van der Waals surface area contributed by atoms with Crippen molar-refractivity contribution < 1.29 is 9.21 Å². The summed E-state index contributed by atoms with van der Waals surface area (Å²) in [4.78, 5) is 19.0. The molecule has 0 bridgehead atoms. The Morgan fingerprint density at radius 2 is 1.96 bits per heavy atom. The van der Waals surface area contributed by atoms with Crippen LogP contribution < -0.4 is 10.2 Å². The zero-order chi connectivity index (χ0) is 18.6. The van der Waals surface area contributed by atoms with E-state index < -0.39 is 0 Å². The minimum Gasteiger partial charge on any atom is -0.463 e. The van der Waals surface area contributed by atoms with Gasteiger partial charge in [0.25, 0.3) is 0 Å². The van der Waals surface area contributed by atoms with E-state index in [1.165, 1.54) is 0 Å². The number of pyridine rings is 1. The first-order valence-corrected chi connectivity index (χ1v) is 9.06. The van der Waals surface area contributed by atoms with Gasteiger partial charge in [-0.25, -0.2) is 4.98 Å². The molecule has 4 heterocycles. The van der Waals surface area contributed by atoms with E-state index in [0.717, 1.165) is 37.4 Å². The number of rotatable bonds is 4. The van der Waals surface area contributed by atoms with Crippen LogP contribution in [0.3, 0.4) is 0 Å². The van der Waals surface area contributed by atoms with Gasteiger partial charge in [-0.3, -0.25) is 4.79 Å². The van der Waals surface area contributed by atoms with Gasteiger partial charge in [0.2, 0.25) is 5.91 Å². The maximum atomic E-state index is 12.5. The van der Waals surface area contributed by atoms with E-state index >= 15 is 0 Å². The molecule has 7 heteroatoms. The van der Waals surface area contributed by atoms with Gasteiger partial charge in [0.05, 0.1) is 6.26 Å². The number of furan rings is 1. The number of hydrogen-bond donors (Lipinski definition) is 1. The molecule has 0 spiro atoms. The second-order valence-corrected chi connectivity index (χ2v) is 6.67. The number of amides is 1. The largest absolute Gasteiger partial charge is 0.463 e. The highest BCUT2D eigenvalue weighted by molar-refractivity contribution is 5.91. The van der Waals surface area contributed by atoms with Crippen LogP contribution in [0.2, 0.25) is 0 Å². The van der Waals surface area contributed by atoms with Gasteiger partial charge < -0.3 is 14.6 Å². The van der Waals surface area contributed by atoms with E-state index in [4.69, 9.17) is 4.42 Å². The quantitative estimate of drug-likeness (QED) is 0.766. The van der Waals surface area contributed by atoms with Gasteiger partial charge in [-0.2, -0.15) is 0 Å². The molecule has 0 aliphatic carbocycles. The second kappa shape index (κ2) is 7.57. The van der Waals surface area contributed by atoms with Crippen molar-refractivity contribution in [1.29, 1.82) is 0 Å². The number of nitrogens with one attached hydrogen (secondary N) is 1. The van der Waals surface area contributed by atoms with E-state index in [0.29, 0.717) is 17.3 Å². The Morgan fingerprint density at radius 1 is 1.11 bits per heavy atom. The van der Waals surface area contributed by atoms with Gasteiger partial charge in [0.15, 0.2) is 11.6 Å². The van der Waals surface area contributed by atoms with Crippen molar-refractivity contribution in [3.8, 4) is 11.5 Å². The molecule has 1 saturated heterocycles. The maximum absolute atomic E-state index is 12.5. The van der Waals surface area contributed by atoms with Crippen LogP contribution in [0.15, 0.2) is 53.1 Å². The third-order valence-corrected chi connectivity index (χ3v) is 4.75. The third-order valence-electron chi connectivity index (χ3n) is 4.75. The number of carbonyl (C=O) groups is 1. The van der Waals surface area contributed by atoms with Crippen LogP contribution in [-0.4, -0.2) is 34.2 Å². The lowest BCUT2D eigenvalue weighted by Gasteiger charge is -2.31. The van der Waals surface area contributed by atoms with Gasteiger partial charge in [-0.15, -0.1) is 10.2 Å². The molecule has 1 N–H and O–H groups in total. The number of carbonyl (C=O) groups excluding carboxylic acids is 1. The Bertz CT molecular complexity index is 900. The molecular weight excluding hydrogens is 342 g/mol. The van der Waals surface area contributed by atoms with Crippen LogP contribution in [0.5, 0.6) is 0 Å². The summed E-state index contributed by atoms with van der Waals surface area (Å²) in [5.74, 6) is 2.16. The minimum absolute atomic E-state index is 0.0149. The molecule has 1 aliphatic heterocycles. The van der Waals surface area contributed by atoms with Crippen molar-refractivity contribution in [2.24, 2.45) is 5.92 Å². The lowest BCUT2D eigenvalue weighted by Crippen LogP contribution is -2.38. The van der Waals surface area contributed by atoms with E-state index in [9.17, 15) is 4.79 Å². The molecule has 4 rings (SSSR count). The first-order chi connectivity index (χ1) is 13.2. The Labute approximate surface area is 157 Å². The molecule has 0 radical (unpaired) electrons. The summed E-state index contributed by atoms with van der Waals surface area (Å²) in [5.41, 5.74) is 1.60. The molecule has 138 valence electrons. The Balaban J connectivity index is 1.34. The van der Waals surface area contributed by atoms with Crippen LogP contribution in [0.1, 0.15) is 18.5 Å². The van der Waals surface area contributed by atoms with Gasteiger partial charge in [-0.1, -0.05) is 6.07 Å². The van der Waals surface area contributed by atoms with Gasteiger partial charge in [-0.05, 0) is 56.2 Å². The minimum atomic E-state index is -0.0149. The van der Waals surface area contributed by atoms with E-state index in [2.05, 4.69) is 25.4 Å². The fourth-order valence-electron chi connectivity index (χ4n) is 3.26. The average Bonchev–Trinajstić information content (AvgIpc) is 3.23. The lowest BCUT2D eigenvalue weighted by molar-refractivity contribution is -0.120. The average molecular weight is 363 g/mol. The number of aryl methyl sites for hydroxylation is 1. The van der Waals surface area contributed by atoms with Gasteiger partial charge >= 0.3 is 0 Å². The number of hydrogen-bond acceptors (Lipinski definition) is 6. The Morgan fingerprint density at radius 3 is 2.63 bits per heavy atom. The molecular formula is C20H21N5O2. The molecule has 27 heavy (non-hydrogen) atoms. The first-order valence-electron chi connectivity index (χ1n) is 9.06. The van der Waals surface area contributed by atoms with Gasteiger partial charge in [0.1, 0.15) is 11.5 Å². The fraction of sp³-hybridized carbons (Fsp3) is 0.300. The SMILES string of the molecule is Cc1cccc(NC(=O)C2CCN(c3ccc(-c4ccco4)nn3)CC2)n1. The normalized spacial score (nSPS) is 14.9. The molecule has 1 aliphatic rings. The van der Waals surface area contributed by atoms with E-state index in [1.54, 1.807) is 6.26 Å². The third kappa shape index (κ3) is 3.97. The Kier molecular flexibility index (Phi) is 4.82. The van der Waals surface area contributed by atoms with Gasteiger partial charge in [0, 0.05) is 24.7 Å². The predicted molar refractivity (Wildman–Crippen MR) is 102 cm³/mol. The Hall–Kier alpha value is -3.22. The highest BCUT2D eigenvalue weighted by Crippen LogP contribution is 2.24. The number of anilines is 2. The summed E-state index contributed by atoms with van der Waals surface area (Å²) in [6.07, 6.45) is 3.17. The van der Waals surface area contributed by atoms with Crippen molar-refractivity contribution >= 4 is 17.5 Å². The molecule has 0 unspecified atom stereocenters. The van der Waals surface area contributed by atoms with Crippen LogP contribution in [0.4, 0.5) is 11.6 Å². The number of aromatic nitrogens is 3. The summed E-state index contributed by atoms with van der Waals surface area (Å²) in [7, 11) is 0. The second-order valence-electron chi connectivity index (χ2n) is 6.67. The smallest absolute Gasteiger partial charge is 0.228 e. The first kappa shape index (κ1) is 17.2. The fourth-order valence-corrected chi connectivity index (χ4v) is 3.26. The number of nitrogens with zero attached hydrogens (tertiary/aromatic N) is 4. The highest BCUT2D eigenvalue weighted by Gasteiger charge is 2.26. The molecule has 0 atom stereocenters. The van der Waals surface area contributed by atoms with E-state index in [-0.39, 0.29) is 11.8 Å². The standard InChI is InChI=1S/C20H21N5O2/c1-14-4-2-6-18(21-14)22-20(26)15-9-11-25(12-10-15)19-8-7-16(23-24-19)17-5-3-13-27-17/h2-8,13,15H,9-12H2,1H3,(H,21,22,26). The highest BCUT2D eigenvalue weighted by atomic mass is 16.3. The summed E-state index contributed by atoms with van der Waals surface area (Å²) >= 11 is 0. The van der Waals surface area contributed by atoms with Crippen molar-refractivity contribution in [2.75, 3.05) is 23.3 Å². The molecule has 3 aromatic heterocycles. The summed E-state index contributed by atoms with van der Waals surface area (Å²) in [5, 5.41) is 11.5. The van der Waals surface area contributed by atoms with Crippen LogP contribution >= 0.6 is 0 Å². The topological polar surface area (TPSA) is 84.2 Å². The molecule has 0 saturated carbocycles. The summed E-state index contributed by atoms with van der Waals surface area (Å²) < 4.78 is 5.34. The molecule has 3 aromatic rings. The van der Waals surface area contributed by atoms with Crippen molar-refractivity contribution in [3.05, 3.63) is 54.4 Å². The maximum Gasteiger partial charge on any atom is 0.228 e.